The van der Waals surface area contributed by atoms with Gasteiger partial charge in [0, 0.05) is 15.6 Å². The number of benzene rings is 1. The smallest absolute Gasteiger partial charge is 0.241 e. The highest BCUT2D eigenvalue weighted by molar-refractivity contribution is 7.99. The first-order valence-corrected chi connectivity index (χ1v) is 5.91. The van der Waals surface area contributed by atoms with Crippen LogP contribution in [-0.2, 0) is 4.79 Å². The third-order valence-electron chi connectivity index (χ3n) is 1.72. The number of hydrogen-bond donors (Lipinski definition) is 0. The van der Waals surface area contributed by atoms with Gasteiger partial charge in [0.15, 0.2) is 0 Å². The second kappa shape index (κ2) is 8.21. The second-order valence-corrected chi connectivity index (χ2v) is 4.03. The summed E-state index contributed by atoms with van der Waals surface area (Å²) in [5.41, 5.74) is 7.99. The zero-order chi connectivity index (χ0) is 12.3. The van der Waals surface area contributed by atoms with Crippen LogP contribution in [0.15, 0.2) is 64.6 Å². The zero-order valence-electron chi connectivity index (χ0n) is 9.06. The van der Waals surface area contributed by atoms with Crippen LogP contribution in [-0.4, -0.2) is 11.7 Å². The highest BCUT2D eigenvalue weighted by Crippen LogP contribution is 2.16. The highest BCUT2D eigenvalue weighted by atomic mass is 32.2. The van der Waals surface area contributed by atoms with E-state index in [1.54, 1.807) is 23.9 Å². The van der Waals surface area contributed by atoms with Gasteiger partial charge in [-0.25, -0.2) is 0 Å². The molecule has 5 heteroatoms. The molecule has 0 atom stereocenters. The summed E-state index contributed by atoms with van der Waals surface area (Å²) < 4.78 is 0. The topological polar surface area (TPSA) is 65.8 Å². The lowest BCUT2D eigenvalue weighted by atomic mass is 10.4. The van der Waals surface area contributed by atoms with Crippen LogP contribution in [0.3, 0.4) is 0 Å². The number of nitrogens with zero attached hydrogens (tertiary/aromatic N) is 3. The Kier molecular flexibility index (Phi) is 6.33. The summed E-state index contributed by atoms with van der Waals surface area (Å²) in [4.78, 5) is 14.3. The fourth-order valence-electron chi connectivity index (χ4n) is 1.01. The highest BCUT2D eigenvalue weighted by Gasteiger charge is 1.88. The molecule has 0 aliphatic heterocycles. The molecule has 0 bridgehead atoms. The Morgan fingerprint density at radius 1 is 1.35 bits per heavy atom. The zero-order valence-corrected chi connectivity index (χ0v) is 9.88. The summed E-state index contributed by atoms with van der Waals surface area (Å²) in [6.45, 7) is 0. The van der Waals surface area contributed by atoms with E-state index in [2.05, 4.69) is 10.0 Å². The summed E-state index contributed by atoms with van der Waals surface area (Å²) in [6.07, 6.45) is 6.46. The molecule has 0 saturated carbocycles. The number of thioether (sulfide) groups is 1. The van der Waals surface area contributed by atoms with E-state index >= 15 is 0 Å². The molecule has 0 unspecified atom stereocenters. The van der Waals surface area contributed by atoms with E-state index in [9.17, 15) is 4.79 Å². The van der Waals surface area contributed by atoms with Gasteiger partial charge >= 0.3 is 0 Å². The summed E-state index contributed by atoms with van der Waals surface area (Å²) in [7, 11) is 0. The average molecular weight is 245 g/mol. The second-order valence-electron chi connectivity index (χ2n) is 2.94. The minimum absolute atomic E-state index is 0.590. The Morgan fingerprint density at radius 3 is 2.82 bits per heavy atom. The minimum Gasteiger partial charge on any atom is -0.288 e. The van der Waals surface area contributed by atoms with E-state index in [0.29, 0.717) is 0 Å². The van der Waals surface area contributed by atoms with Crippen molar-refractivity contribution in [1.29, 1.82) is 0 Å². The van der Waals surface area contributed by atoms with Crippen molar-refractivity contribution in [3.63, 3.8) is 0 Å². The first-order valence-electron chi connectivity index (χ1n) is 4.93. The summed E-state index contributed by atoms with van der Waals surface area (Å²) in [5, 5.41) is 2.91. The lowest BCUT2D eigenvalue weighted by Crippen LogP contribution is -1.80. The molecule has 0 radical (unpaired) electrons. The van der Waals surface area contributed by atoms with Crippen molar-refractivity contribution in [2.45, 2.75) is 4.90 Å². The summed E-state index contributed by atoms with van der Waals surface area (Å²) in [5.74, 6) is 0.234. The van der Waals surface area contributed by atoms with Gasteiger partial charge < -0.3 is 0 Å². The normalized spacial score (nSPS) is 10.6. The molecule has 0 aliphatic rings. The van der Waals surface area contributed by atoms with Crippen LogP contribution in [0.25, 0.3) is 10.4 Å². The standard InChI is InChI=1S/C12H11N3OS/c13-15-14-12(16)9-5-2-6-10-17-11-7-3-1-4-8-11/h1-9H,10H2/b6-2+,9-5+. The van der Waals surface area contributed by atoms with Gasteiger partial charge in [0.2, 0.25) is 5.91 Å². The molecule has 1 aromatic carbocycles. The maximum atomic E-state index is 10.8. The lowest BCUT2D eigenvalue weighted by molar-refractivity contribution is -0.113. The Hall–Kier alpha value is -1.97. The lowest BCUT2D eigenvalue weighted by Gasteiger charge is -1.95. The van der Waals surface area contributed by atoms with Crippen molar-refractivity contribution in [2.75, 3.05) is 5.75 Å². The van der Waals surface area contributed by atoms with Gasteiger partial charge in [-0.05, 0) is 28.9 Å². The monoisotopic (exact) mass is 245 g/mol. The maximum absolute atomic E-state index is 10.8. The van der Waals surface area contributed by atoms with Gasteiger partial charge in [0.05, 0.1) is 0 Å². The van der Waals surface area contributed by atoms with Crippen LogP contribution in [0.2, 0.25) is 0 Å². The quantitative estimate of drug-likeness (QED) is 0.198. The molecule has 0 aromatic heterocycles. The van der Waals surface area contributed by atoms with Crippen LogP contribution >= 0.6 is 11.8 Å². The van der Waals surface area contributed by atoms with Crippen LogP contribution in [0.5, 0.6) is 0 Å². The predicted molar refractivity (Wildman–Crippen MR) is 69.6 cm³/mol. The van der Waals surface area contributed by atoms with Gasteiger partial charge in [-0.3, -0.25) is 4.79 Å². The largest absolute Gasteiger partial charge is 0.288 e. The Balaban J connectivity index is 2.27. The molecule has 86 valence electrons. The van der Waals surface area contributed by atoms with E-state index in [-0.39, 0.29) is 0 Å². The van der Waals surface area contributed by atoms with E-state index < -0.39 is 5.91 Å². The molecule has 0 fully saturated rings. The fourth-order valence-corrected chi connectivity index (χ4v) is 1.76. The minimum atomic E-state index is -0.590. The Labute approximate surface area is 104 Å². The van der Waals surface area contributed by atoms with Crippen molar-refractivity contribution in [2.24, 2.45) is 5.11 Å². The molecular formula is C12H11N3OS. The molecule has 17 heavy (non-hydrogen) atoms. The first-order chi connectivity index (χ1) is 8.33. The number of azide groups is 1. The molecule has 1 rings (SSSR count). The third kappa shape index (κ3) is 6.25. The molecule has 4 nitrogen and oxygen atoms in total. The van der Waals surface area contributed by atoms with Crippen LogP contribution in [0.1, 0.15) is 0 Å². The molecule has 0 heterocycles. The predicted octanol–water partition coefficient (Wildman–Crippen LogP) is 3.73. The number of rotatable bonds is 5. The number of hydrogen-bond acceptors (Lipinski definition) is 2. The molecule has 0 saturated heterocycles. The number of carbonyl (C=O) groups is 1. The first kappa shape index (κ1) is 13.1. The van der Waals surface area contributed by atoms with E-state index in [4.69, 9.17) is 5.53 Å². The van der Waals surface area contributed by atoms with E-state index in [1.165, 1.54) is 11.0 Å². The molecule has 0 aliphatic carbocycles. The van der Waals surface area contributed by atoms with Crippen molar-refractivity contribution in [3.8, 4) is 0 Å². The Morgan fingerprint density at radius 2 is 2.12 bits per heavy atom. The van der Waals surface area contributed by atoms with Gasteiger partial charge in [0.25, 0.3) is 0 Å². The van der Waals surface area contributed by atoms with Crippen molar-refractivity contribution >= 4 is 17.7 Å². The summed E-state index contributed by atoms with van der Waals surface area (Å²) in [6, 6.07) is 10.0. The number of amides is 1. The molecule has 0 N–H and O–H groups in total. The number of allylic oxidation sites excluding steroid dienone is 2. The van der Waals surface area contributed by atoms with Crippen molar-refractivity contribution in [3.05, 3.63) is 65.1 Å². The van der Waals surface area contributed by atoms with Crippen LogP contribution < -0.4 is 0 Å². The van der Waals surface area contributed by atoms with Gasteiger partial charge in [0.1, 0.15) is 0 Å². The SMILES string of the molecule is [N-]=[N+]=NC(=O)/C=C/C=C/CSc1ccccc1. The van der Waals surface area contributed by atoms with E-state index in [0.717, 1.165) is 5.75 Å². The number of carbonyl (C=O) groups excluding carboxylic acids is 1. The van der Waals surface area contributed by atoms with Crippen molar-refractivity contribution in [1.82, 2.24) is 0 Å². The summed E-state index contributed by atoms with van der Waals surface area (Å²) >= 11 is 1.70. The molecular weight excluding hydrogens is 234 g/mol. The average Bonchev–Trinajstić information content (AvgIpc) is 2.35. The van der Waals surface area contributed by atoms with Crippen molar-refractivity contribution < 1.29 is 4.79 Å². The molecule has 1 amide bonds. The van der Waals surface area contributed by atoms with Gasteiger partial charge in [-0.2, -0.15) is 0 Å². The fraction of sp³-hybridized carbons (Fsp3) is 0.0833. The maximum Gasteiger partial charge on any atom is 0.241 e. The van der Waals surface area contributed by atoms with Crippen LogP contribution in [0.4, 0.5) is 0 Å². The third-order valence-corrected chi connectivity index (χ3v) is 2.68. The van der Waals surface area contributed by atoms with Gasteiger partial charge in [-0.15, -0.1) is 11.8 Å². The molecule has 1 aromatic rings. The Bertz CT molecular complexity index is 462. The van der Waals surface area contributed by atoms with Crippen LogP contribution in [0, 0.1) is 0 Å². The van der Waals surface area contributed by atoms with Gasteiger partial charge in [-0.1, -0.05) is 36.4 Å². The molecule has 0 spiro atoms. The van der Waals surface area contributed by atoms with E-state index in [1.807, 2.05) is 36.4 Å².